The molecule has 0 aliphatic carbocycles. The second-order valence-electron chi connectivity index (χ2n) is 3.81. The van der Waals surface area contributed by atoms with Crippen LogP contribution in [0.15, 0.2) is 53.7 Å². The van der Waals surface area contributed by atoms with Crippen LogP contribution in [0.2, 0.25) is 5.02 Å². The lowest BCUT2D eigenvalue weighted by atomic mass is 10.3. The van der Waals surface area contributed by atoms with E-state index in [9.17, 15) is 8.42 Å². The first-order valence-corrected chi connectivity index (χ1v) is 7.56. The maximum absolute atomic E-state index is 12.5. The van der Waals surface area contributed by atoms with Crippen molar-refractivity contribution in [3.05, 3.63) is 53.8 Å². The normalized spacial score (nSPS) is 11.3. The maximum Gasteiger partial charge on any atom is 0.265 e. The van der Waals surface area contributed by atoms with E-state index in [0.717, 1.165) is 0 Å². The summed E-state index contributed by atoms with van der Waals surface area (Å²) in [7, 11) is -3.64. The van der Waals surface area contributed by atoms with E-state index >= 15 is 0 Å². The molecule has 0 aliphatic heterocycles. The van der Waals surface area contributed by atoms with E-state index in [1.54, 1.807) is 37.3 Å². The monoisotopic (exact) mass is 296 g/mol. The van der Waals surface area contributed by atoms with E-state index in [-0.39, 0.29) is 4.90 Å². The highest BCUT2D eigenvalue weighted by Gasteiger charge is 2.24. The molecule has 0 radical (unpaired) electrons. The van der Waals surface area contributed by atoms with Gasteiger partial charge in [-0.2, -0.15) is 0 Å². The van der Waals surface area contributed by atoms with Gasteiger partial charge in [0.2, 0.25) is 0 Å². The van der Waals surface area contributed by atoms with E-state index in [2.05, 4.69) is 4.98 Å². The number of pyridine rings is 1. The lowest BCUT2D eigenvalue weighted by Gasteiger charge is -2.23. The fourth-order valence-corrected chi connectivity index (χ4v) is 3.50. The first-order valence-electron chi connectivity index (χ1n) is 5.74. The molecule has 4 nitrogen and oxygen atoms in total. The Morgan fingerprint density at radius 1 is 1.21 bits per heavy atom. The van der Waals surface area contributed by atoms with Gasteiger partial charge in [-0.15, -0.1) is 0 Å². The summed E-state index contributed by atoms with van der Waals surface area (Å²) in [5.41, 5.74) is 0.468. The minimum absolute atomic E-state index is 0.150. The first-order chi connectivity index (χ1) is 9.07. The highest BCUT2D eigenvalue weighted by molar-refractivity contribution is 7.92. The Kier molecular flexibility index (Phi) is 4.07. The molecule has 0 atom stereocenters. The Morgan fingerprint density at radius 3 is 2.53 bits per heavy atom. The molecule has 0 N–H and O–H groups in total. The largest absolute Gasteiger partial charge is 0.265 e. The summed E-state index contributed by atoms with van der Waals surface area (Å²) >= 11 is 6.07. The number of halogens is 1. The molecule has 0 unspecified atom stereocenters. The predicted octanol–water partition coefficient (Wildman–Crippen LogP) is 2.95. The predicted molar refractivity (Wildman–Crippen MR) is 75.9 cm³/mol. The molecule has 100 valence electrons. The van der Waals surface area contributed by atoms with E-state index in [1.165, 1.54) is 22.8 Å². The smallest absolute Gasteiger partial charge is 0.265 e. The van der Waals surface area contributed by atoms with Crippen molar-refractivity contribution in [2.24, 2.45) is 0 Å². The van der Waals surface area contributed by atoms with Crippen molar-refractivity contribution in [1.29, 1.82) is 0 Å². The van der Waals surface area contributed by atoms with Crippen LogP contribution in [0.1, 0.15) is 6.92 Å². The molecule has 2 rings (SSSR count). The summed E-state index contributed by atoms with van der Waals surface area (Å²) in [4.78, 5) is 3.99. The van der Waals surface area contributed by atoms with E-state index in [4.69, 9.17) is 11.6 Å². The molecule has 1 heterocycles. The molecule has 0 spiro atoms. The van der Waals surface area contributed by atoms with Gasteiger partial charge in [0.15, 0.2) is 0 Å². The van der Waals surface area contributed by atoms with Crippen LogP contribution in [0.4, 0.5) is 5.69 Å². The Labute approximate surface area is 117 Å². The van der Waals surface area contributed by atoms with E-state index in [1.807, 2.05) is 0 Å². The van der Waals surface area contributed by atoms with Gasteiger partial charge in [-0.3, -0.25) is 9.29 Å². The molecule has 0 saturated heterocycles. The van der Waals surface area contributed by atoms with Crippen LogP contribution in [-0.2, 0) is 10.0 Å². The number of anilines is 1. The number of hydrogen-bond acceptors (Lipinski definition) is 3. The average Bonchev–Trinajstić information content (AvgIpc) is 2.42. The van der Waals surface area contributed by atoms with E-state index in [0.29, 0.717) is 17.3 Å². The molecule has 0 fully saturated rings. The van der Waals surface area contributed by atoms with Gasteiger partial charge < -0.3 is 0 Å². The summed E-state index contributed by atoms with van der Waals surface area (Å²) in [6.07, 6.45) is 2.86. The Hall–Kier alpha value is -1.59. The van der Waals surface area contributed by atoms with Gasteiger partial charge in [0.05, 0.1) is 10.7 Å². The van der Waals surface area contributed by atoms with Crippen LogP contribution in [0.3, 0.4) is 0 Å². The Balaban J connectivity index is 2.52. The third-order valence-electron chi connectivity index (χ3n) is 2.63. The van der Waals surface area contributed by atoms with Gasteiger partial charge in [0.25, 0.3) is 10.0 Å². The quantitative estimate of drug-likeness (QED) is 0.871. The molecule has 0 saturated carbocycles. The van der Waals surface area contributed by atoms with Crippen LogP contribution in [0, 0.1) is 0 Å². The molecule has 0 aliphatic rings. The lowest BCUT2D eigenvalue weighted by molar-refractivity contribution is 0.591. The number of nitrogens with zero attached hydrogens (tertiary/aromatic N) is 2. The third-order valence-corrected chi connectivity index (χ3v) is 4.82. The van der Waals surface area contributed by atoms with Crippen molar-refractivity contribution in [2.75, 3.05) is 10.8 Å². The Bertz CT molecular complexity index is 659. The topological polar surface area (TPSA) is 50.3 Å². The van der Waals surface area contributed by atoms with Crippen molar-refractivity contribution < 1.29 is 8.42 Å². The fraction of sp³-hybridized carbons (Fsp3) is 0.154. The van der Waals surface area contributed by atoms with Crippen molar-refractivity contribution in [3.63, 3.8) is 0 Å². The van der Waals surface area contributed by atoms with Crippen LogP contribution in [0.25, 0.3) is 0 Å². The molecule has 19 heavy (non-hydrogen) atoms. The lowest BCUT2D eigenvalue weighted by Crippen LogP contribution is -2.31. The van der Waals surface area contributed by atoms with Crippen LogP contribution in [-0.4, -0.2) is 19.9 Å². The summed E-state index contributed by atoms with van der Waals surface area (Å²) in [6.45, 7) is 2.05. The van der Waals surface area contributed by atoms with Gasteiger partial charge in [0, 0.05) is 18.9 Å². The van der Waals surface area contributed by atoms with E-state index < -0.39 is 10.0 Å². The van der Waals surface area contributed by atoms with Crippen molar-refractivity contribution in [3.8, 4) is 0 Å². The summed E-state index contributed by atoms with van der Waals surface area (Å²) in [5, 5.41) is 0.400. The maximum atomic E-state index is 12.5. The summed E-state index contributed by atoms with van der Waals surface area (Å²) in [5.74, 6) is 0. The van der Waals surface area contributed by atoms with Crippen molar-refractivity contribution >= 4 is 27.3 Å². The number of benzene rings is 1. The zero-order valence-corrected chi connectivity index (χ0v) is 11.9. The summed E-state index contributed by atoms with van der Waals surface area (Å²) < 4.78 is 26.4. The number of hydrogen-bond donors (Lipinski definition) is 0. The zero-order valence-electron chi connectivity index (χ0n) is 10.3. The summed E-state index contributed by atoms with van der Waals surface area (Å²) in [6, 6.07) is 9.96. The van der Waals surface area contributed by atoms with Crippen LogP contribution in [0.5, 0.6) is 0 Å². The fourth-order valence-electron chi connectivity index (χ4n) is 1.75. The second-order valence-corrected chi connectivity index (χ2v) is 6.08. The van der Waals surface area contributed by atoms with Crippen molar-refractivity contribution in [2.45, 2.75) is 11.8 Å². The standard InChI is InChI=1S/C13H13ClN2O2S/c1-2-16(13-8-4-3-7-12(13)14)19(17,18)11-6-5-9-15-10-11/h3-10H,2H2,1H3. The number of sulfonamides is 1. The first kappa shape index (κ1) is 13.8. The third kappa shape index (κ3) is 2.72. The molecular weight excluding hydrogens is 284 g/mol. The van der Waals surface area contributed by atoms with Gasteiger partial charge >= 0.3 is 0 Å². The van der Waals surface area contributed by atoms with Gasteiger partial charge in [0.1, 0.15) is 4.90 Å². The molecule has 1 aromatic carbocycles. The zero-order chi connectivity index (χ0) is 13.9. The van der Waals surface area contributed by atoms with Gasteiger partial charge in [-0.25, -0.2) is 8.42 Å². The number of rotatable bonds is 4. The van der Waals surface area contributed by atoms with Crippen molar-refractivity contribution in [1.82, 2.24) is 4.98 Å². The number of aromatic nitrogens is 1. The molecule has 6 heteroatoms. The molecule has 2 aromatic rings. The average molecular weight is 297 g/mol. The highest BCUT2D eigenvalue weighted by atomic mass is 35.5. The molecular formula is C13H13ClN2O2S. The minimum atomic E-state index is -3.64. The highest BCUT2D eigenvalue weighted by Crippen LogP contribution is 2.29. The van der Waals surface area contributed by atoms with Crippen LogP contribution >= 0.6 is 11.6 Å². The Morgan fingerprint density at radius 2 is 1.95 bits per heavy atom. The number of para-hydroxylation sites is 1. The molecule has 0 bridgehead atoms. The van der Waals surface area contributed by atoms with Gasteiger partial charge in [-0.1, -0.05) is 23.7 Å². The van der Waals surface area contributed by atoms with Gasteiger partial charge in [-0.05, 0) is 31.2 Å². The SMILES string of the molecule is CCN(c1ccccc1Cl)S(=O)(=O)c1cccnc1. The molecule has 0 amide bonds. The second kappa shape index (κ2) is 5.59. The van der Waals surface area contributed by atoms with Crippen LogP contribution < -0.4 is 4.31 Å². The minimum Gasteiger partial charge on any atom is -0.265 e. The molecule has 1 aromatic heterocycles.